The van der Waals surface area contributed by atoms with Crippen LogP contribution in [0.4, 0.5) is 23.2 Å². The molecular weight excluding hydrogens is 663 g/mol. The molecule has 1 aliphatic carbocycles. The number of anilines is 1. The molecule has 1 unspecified atom stereocenters. The predicted octanol–water partition coefficient (Wildman–Crippen LogP) is 6.16. The van der Waals surface area contributed by atoms with Crippen LogP contribution in [0.15, 0.2) is 48.5 Å². The highest BCUT2D eigenvalue weighted by Crippen LogP contribution is 2.46. The van der Waals surface area contributed by atoms with Crippen LogP contribution in [0.5, 0.6) is 0 Å². The van der Waals surface area contributed by atoms with Gasteiger partial charge in [0.05, 0.1) is 14.9 Å². The summed E-state index contributed by atoms with van der Waals surface area (Å²) in [5.74, 6) is -0.870. The second-order valence-electron chi connectivity index (χ2n) is 11.2. The largest absolute Gasteiger partial charge is 0.435 e. The monoisotopic (exact) mass is 698 g/mol. The first-order valence-corrected chi connectivity index (χ1v) is 15.3. The average molecular weight is 699 g/mol. The van der Waals surface area contributed by atoms with E-state index in [2.05, 4.69) is 49.9 Å². The summed E-state index contributed by atoms with van der Waals surface area (Å²) in [5.41, 5.74) is 5.78. The van der Waals surface area contributed by atoms with Gasteiger partial charge in [-0.15, -0.1) is 0 Å². The Labute approximate surface area is 256 Å². The Kier molecular flexibility index (Phi) is 9.26. The van der Waals surface area contributed by atoms with Crippen molar-refractivity contribution in [1.82, 2.24) is 19.6 Å². The van der Waals surface area contributed by atoms with E-state index in [1.54, 1.807) is 30.3 Å². The molecule has 0 spiro atoms. The third-order valence-corrected chi connectivity index (χ3v) is 9.93. The first-order valence-electron chi connectivity index (χ1n) is 14.2. The SMILES string of the molecule is CN1CCCN(C(I)(CCC2CC2)c2ccc(F)c(NC(=O)c3cc(C(F)(F)F)nn3-c3cccc(CN)c3)c2)CC1. The molecule has 3 aromatic rings. The minimum absolute atomic E-state index is 0.0890. The smallest absolute Gasteiger partial charge is 0.326 e. The first-order chi connectivity index (χ1) is 20.0. The normalized spacial score (nSPS) is 18.5. The molecular formula is C30H35F4IN6O. The van der Waals surface area contributed by atoms with Crippen molar-refractivity contribution in [2.24, 2.45) is 11.7 Å². The van der Waals surface area contributed by atoms with Crippen LogP contribution in [0.2, 0.25) is 0 Å². The molecule has 226 valence electrons. The number of rotatable bonds is 9. The molecule has 7 nitrogen and oxygen atoms in total. The van der Waals surface area contributed by atoms with Gasteiger partial charge in [-0.3, -0.25) is 9.69 Å². The number of nitrogens with two attached hydrogens (primary N) is 1. The molecule has 1 saturated heterocycles. The van der Waals surface area contributed by atoms with Crippen LogP contribution in [0.25, 0.3) is 5.69 Å². The summed E-state index contributed by atoms with van der Waals surface area (Å²) in [7, 11) is 2.11. The highest BCUT2D eigenvalue weighted by molar-refractivity contribution is 14.1. The summed E-state index contributed by atoms with van der Waals surface area (Å²) in [6.07, 6.45) is 0.604. The molecule has 2 fully saturated rings. The molecule has 1 atom stereocenters. The van der Waals surface area contributed by atoms with Crippen molar-refractivity contribution in [3.05, 3.63) is 76.9 Å². The van der Waals surface area contributed by atoms with Gasteiger partial charge >= 0.3 is 6.18 Å². The first kappa shape index (κ1) is 30.9. The van der Waals surface area contributed by atoms with Crippen molar-refractivity contribution in [2.45, 2.75) is 48.4 Å². The van der Waals surface area contributed by atoms with Gasteiger partial charge < -0.3 is 16.0 Å². The van der Waals surface area contributed by atoms with Crippen molar-refractivity contribution in [2.75, 3.05) is 38.5 Å². The maximum absolute atomic E-state index is 15.2. The molecule has 2 aromatic carbocycles. The molecule has 1 amide bonds. The molecule has 42 heavy (non-hydrogen) atoms. The fraction of sp³-hybridized carbons (Fsp3) is 0.467. The zero-order valence-corrected chi connectivity index (χ0v) is 25.6. The Hall–Kier alpha value is -2.55. The van der Waals surface area contributed by atoms with Crippen LogP contribution in [-0.4, -0.2) is 58.7 Å². The number of benzene rings is 2. The zero-order valence-electron chi connectivity index (χ0n) is 23.4. The zero-order chi connectivity index (χ0) is 30.1. The predicted molar refractivity (Wildman–Crippen MR) is 162 cm³/mol. The summed E-state index contributed by atoms with van der Waals surface area (Å²) in [6.45, 7) is 3.81. The van der Waals surface area contributed by atoms with Crippen LogP contribution >= 0.6 is 22.6 Å². The molecule has 5 rings (SSSR count). The Morgan fingerprint density at radius 3 is 2.60 bits per heavy atom. The van der Waals surface area contributed by atoms with Crippen molar-refractivity contribution >= 4 is 34.2 Å². The van der Waals surface area contributed by atoms with Crippen molar-refractivity contribution in [3.63, 3.8) is 0 Å². The molecule has 0 radical (unpaired) electrons. The molecule has 1 aliphatic heterocycles. The van der Waals surface area contributed by atoms with Gasteiger partial charge in [0.1, 0.15) is 11.5 Å². The van der Waals surface area contributed by atoms with Crippen molar-refractivity contribution in [1.29, 1.82) is 0 Å². The summed E-state index contributed by atoms with van der Waals surface area (Å²) in [5, 5.41) is 6.22. The number of amides is 1. The maximum atomic E-state index is 15.2. The minimum Gasteiger partial charge on any atom is -0.326 e. The Balaban J connectivity index is 1.48. The van der Waals surface area contributed by atoms with Crippen molar-refractivity contribution < 1.29 is 22.4 Å². The number of likely N-dealkylation sites (N-methyl/N-ethyl adjacent to an activating group) is 1. The van der Waals surface area contributed by atoms with E-state index in [4.69, 9.17) is 5.73 Å². The third-order valence-electron chi connectivity index (χ3n) is 8.08. The number of nitrogens with one attached hydrogen (secondary N) is 1. The second kappa shape index (κ2) is 12.6. The van der Waals surface area contributed by atoms with Gasteiger partial charge in [-0.05, 0) is 74.2 Å². The fourth-order valence-corrected chi connectivity index (χ4v) is 6.56. The van der Waals surface area contributed by atoms with Gasteiger partial charge in [0.25, 0.3) is 5.91 Å². The van der Waals surface area contributed by atoms with Gasteiger partial charge in [-0.25, -0.2) is 9.07 Å². The molecule has 2 aliphatic rings. The molecule has 1 aromatic heterocycles. The van der Waals surface area contributed by atoms with E-state index in [-0.39, 0.29) is 23.6 Å². The number of alkyl halides is 4. The summed E-state index contributed by atoms with van der Waals surface area (Å²) < 4.78 is 56.6. The van der Waals surface area contributed by atoms with Crippen LogP contribution in [0, 0.1) is 11.7 Å². The number of aromatic nitrogens is 2. The number of carbonyl (C=O) groups excluding carboxylic acids is 1. The van der Waals surface area contributed by atoms with E-state index in [0.717, 1.165) is 55.7 Å². The lowest BCUT2D eigenvalue weighted by Gasteiger charge is -2.40. The standard InChI is InChI=1S/C30H35F4IN6O/c1-39-12-3-13-40(15-14-39)29(35,11-10-20-6-7-20)22-8-9-24(31)25(17-22)37-28(42)26-18-27(30(32,33)34)38-41(26)23-5-2-4-21(16-23)19-36/h2,4-5,8-9,16-18,20H,3,6-7,10-15,19,36H2,1H3,(H,37,42). The number of nitrogens with zero attached hydrogens (tertiary/aromatic N) is 4. The highest BCUT2D eigenvalue weighted by Gasteiger charge is 2.39. The lowest BCUT2D eigenvalue weighted by molar-refractivity contribution is -0.141. The summed E-state index contributed by atoms with van der Waals surface area (Å²) >= 11 is 2.47. The van der Waals surface area contributed by atoms with Crippen LogP contribution < -0.4 is 11.1 Å². The van der Waals surface area contributed by atoms with Gasteiger partial charge in [0.15, 0.2) is 5.69 Å². The van der Waals surface area contributed by atoms with Gasteiger partial charge in [0.2, 0.25) is 0 Å². The topological polar surface area (TPSA) is 79.4 Å². The number of hydrogen-bond donors (Lipinski definition) is 2. The average Bonchev–Trinajstić information content (AvgIpc) is 3.72. The fourth-order valence-electron chi connectivity index (χ4n) is 5.43. The van der Waals surface area contributed by atoms with Gasteiger partial charge in [0, 0.05) is 32.2 Å². The van der Waals surface area contributed by atoms with Crippen LogP contribution in [-0.2, 0) is 16.3 Å². The lowest BCUT2D eigenvalue weighted by Crippen LogP contribution is -2.43. The number of hydrogen-bond acceptors (Lipinski definition) is 5. The third kappa shape index (κ3) is 6.98. The van der Waals surface area contributed by atoms with E-state index in [1.165, 1.54) is 25.0 Å². The molecule has 12 heteroatoms. The van der Waals surface area contributed by atoms with E-state index < -0.39 is 27.1 Å². The summed E-state index contributed by atoms with van der Waals surface area (Å²) in [6, 6.07) is 11.8. The van der Waals surface area contributed by atoms with Crippen LogP contribution in [0.3, 0.4) is 0 Å². The van der Waals surface area contributed by atoms with E-state index in [1.807, 2.05) is 0 Å². The summed E-state index contributed by atoms with van der Waals surface area (Å²) in [4.78, 5) is 18.2. The van der Waals surface area contributed by atoms with E-state index in [0.29, 0.717) is 17.5 Å². The Morgan fingerprint density at radius 2 is 1.88 bits per heavy atom. The number of carbonyl (C=O) groups is 1. The number of halogens is 5. The lowest BCUT2D eigenvalue weighted by atomic mass is 9.97. The van der Waals surface area contributed by atoms with E-state index in [9.17, 15) is 18.0 Å². The second-order valence-corrected chi connectivity index (χ2v) is 13.0. The Bertz CT molecular complexity index is 1430. The van der Waals surface area contributed by atoms with Crippen molar-refractivity contribution in [3.8, 4) is 5.69 Å². The molecule has 1 saturated carbocycles. The highest BCUT2D eigenvalue weighted by atomic mass is 127. The van der Waals surface area contributed by atoms with Gasteiger partial charge in [-0.1, -0.05) is 53.6 Å². The van der Waals surface area contributed by atoms with Gasteiger partial charge in [-0.2, -0.15) is 18.3 Å². The maximum Gasteiger partial charge on any atom is 0.435 e. The quantitative estimate of drug-likeness (QED) is 0.121. The molecule has 3 N–H and O–H groups in total. The molecule has 0 bridgehead atoms. The van der Waals surface area contributed by atoms with E-state index >= 15 is 4.39 Å². The van der Waals surface area contributed by atoms with Crippen LogP contribution in [0.1, 0.15) is 59.4 Å². The molecule has 2 heterocycles. The Morgan fingerprint density at radius 1 is 1.10 bits per heavy atom. The minimum atomic E-state index is -4.78.